The van der Waals surface area contributed by atoms with Gasteiger partial charge in [-0.2, -0.15) is 0 Å². The molecule has 182 valence electrons. The Kier molecular flexibility index (Phi) is 8.41. The van der Waals surface area contributed by atoms with Crippen molar-refractivity contribution in [3.05, 3.63) is 101 Å². The molecule has 0 bridgehead atoms. The average Bonchev–Trinajstić information content (AvgIpc) is 2.88. The highest BCUT2D eigenvalue weighted by molar-refractivity contribution is 6.30. The van der Waals surface area contributed by atoms with Crippen molar-refractivity contribution in [2.24, 2.45) is 5.92 Å². The van der Waals surface area contributed by atoms with Gasteiger partial charge in [0, 0.05) is 22.7 Å². The minimum absolute atomic E-state index is 0.0800. The Balaban J connectivity index is 1.79. The maximum atomic E-state index is 14.0. The number of amides is 1. The molecular weight excluding hydrogens is 454 g/mol. The summed E-state index contributed by atoms with van der Waals surface area (Å²) in [4.78, 5) is 29.7. The number of carbonyl (C=O) groups excluding carboxylic acids is 2. The molecule has 4 heteroatoms. The summed E-state index contributed by atoms with van der Waals surface area (Å²) in [6.07, 6.45) is 6.23. The summed E-state index contributed by atoms with van der Waals surface area (Å²) in [5.74, 6) is 0.654. The fourth-order valence-electron chi connectivity index (χ4n) is 5.03. The van der Waals surface area contributed by atoms with Crippen LogP contribution in [0.15, 0.2) is 78.9 Å². The van der Waals surface area contributed by atoms with Crippen molar-refractivity contribution in [3.8, 4) is 0 Å². The minimum atomic E-state index is -0.716. The van der Waals surface area contributed by atoms with Gasteiger partial charge in [-0.3, -0.25) is 14.5 Å². The summed E-state index contributed by atoms with van der Waals surface area (Å²) in [5.41, 5.74) is 3.26. The molecule has 0 aromatic heterocycles. The molecule has 0 aliphatic heterocycles. The predicted octanol–water partition coefficient (Wildman–Crippen LogP) is 8.39. The number of anilines is 1. The Labute approximate surface area is 214 Å². The van der Waals surface area contributed by atoms with E-state index in [0.29, 0.717) is 28.8 Å². The van der Waals surface area contributed by atoms with Crippen molar-refractivity contribution in [2.75, 3.05) is 4.90 Å². The number of halogens is 1. The maximum Gasteiger partial charge on any atom is 0.259 e. The molecule has 1 atom stereocenters. The lowest BCUT2D eigenvalue weighted by Crippen LogP contribution is -2.40. The highest BCUT2D eigenvalue weighted by Crippen LogP contribution is 2.35. The largest absolute Gasteiger partial charge is 0.297 e. The predicted molar refractivity (Wildman–Crippen MR) is 144 cm³/mol. The van der Waals surface area contributed by atoms with Crippen LogP contribution in [-0.4, -0.2) is 11.7 Å². The number of rotatable bonds is 8. The molecule has 0 radical (unpaired) electrons. The van der Waals surface area contributed by atoms with Crippen molar-refractivity contribution in [1.82, 2.24) is 0 Å². The lowest BCUT2D eigenvalue weighted by atomic mass is 9.83. The van der Waals surface area contributed by atoms with Crippen molar-refractivity contribution < 1.29 is 9.59 Å². The molecule has 3 aromatic carbocycles. The second-order valence-electron chi connectivity index (χ2n) is 9.92. The Bertz CT molecular complexity index is 1120. The quantitative estimate of drug-likeness (QED) is 0.320. The lowest BCUT2D eigenvalue weighted by molar-refractivity contribution is -0.121. The third-order valence-corrected chi connectivity index (χ3v) is 7.29. The molecule has 1 fully saturated rings. The number of nitrogens with zero attached hydrogens (tertiary/aromatic N) is 1. The first-order valence-electron chi connectivity index (χ1n) is 12.7. The van der Waals surface area contributed by atoms with Crippen LogP contribution in [0.4, 0.5) is 5.69 Å². The molecule has 0 N–H and O–H groups in total. The first kappa shape index (κ1) is 25.2. The van der Waals surface area contributed by atoms with Crippen molar-refractivity contribution in [2.45, 2.75) is 64.3 Å². The second kappa shape index (κ2) is 11.7. The SMILES string of the molecule is CC(C)c1ccc(N(C(=O)c2ccccc2)C(C(=O)CC2CCCCC2)c2ccc(Cl)cc2)cc1. The molecule has 1 saturated carbocycles. The van der Waals surface area contributed by atoms with E-state index in [1.165, 1.54) is 24.8 Å². The molecule has 35 heavy (non-hydrogen) atoms. The van der Waals surface area contributed by atoms with E-state index in [9.17, 15) is 9.59 Å². The zero-order valence-corrected chi connectivity index (χ0v) is 21.4. The standard InChI is InChI=1S/C31H34ClNO2/c1-22(2)24-15-19-28(20-16-24)33(31(35)26-11-7-4-8-12-26)30(25-13-17-27(32)18-14-25)29(34)21-23-9-5-3-6-10-23/h4,7-8,11-20,22-23,30H,3,5-6,9-10,21H2,1-2H3. The zero-order valence-electron chi connectivity index (χ0n) is 20.6. The van der Waals surface area contributed by atoms with E-state index in [0.717, 1.165) is 24.1 Å². The Morgan fingerprint density at radius 3 is 2.03 bits per heavy atom. The lowest BCUT2D eigenvalue weighted by Gasteiger charge is -2.33. The minimum Gasteiger partial charge on any atom is -0.297 e. The molecule has 1 aliphatic rings. The number of Topliss-reactive ketones (excluding diaryl/α,β-unsaturated/α-hetero) is 1. The van der Waals surface area contributed by atoms with Gasteiger partial charge in [0.25, 0.3) is 5.91 Å². The maximum absolute atomic E-state index is 14.0. The normalized spacial score (nSPS) is 15.1. The molecular formula is C31H34ClNO2. The Morgan fingerprint density at radius 2 is 1.43 bits per heavy atom. The monoisotopic (exact) mass is 487 g/mol. The van der Waals surface area contributed by atoms with Crippen molar-refractivity contribution in [1.29, 1.82) is 0 Å². The molecule has 0 saturated heterocycles. The fourth-order valence-corrected chi connectivity index (χ4v) is 5.16. The van der Waals surface area contributed by atoms with Crippen molar-refractivity contribution in [3.63, 3.8) is 0 Å². The van der Waals surface area contributed by atoms with Crippen LogP contribution in [-0.2, 0) is 4.79 Å². The van der Waals surface area contributed by atoms with Crippen LogP contribution in [0.1, 0.15) is 85.8 Å². The number of benzene rings is 3. The summed E-state index contributed by atoms with van der Waals surface area (Å²) >= 11 is 6.19. The Hall–Kier alpha value is -2.91. The van der Waals surface area contributed by atoms with E-state index in [-0.39, 0.29) is 11.7 Å². The summed E-state index contributed by atoms with van der Waals surface area (Å²) in [6.45, 7) is 4.29. The molecule has 0 heterocycles. The van der Waals surface area contributed by atoms with Gasteiger partial charge in [0.05, 0.1) is 0 Å². The van der Waals surface area contributed by atoms with Crippen LogP contribution in [0.3, 0.4) is 0 Å². The van der Waals surface area contributed by atoms with Crippen LogP contribution in [0, 0.1) is 5.92 Å². The van der Waals surface area contributed by atoms with Crippen LogP contribution in [0.25, 0.3) is 0 Å². The van der Waals surface area contributed by atoms with Gasteiger partial charge in [-0.25, -0.2) is 0 Å². The van der Waals surface area contributed by atoms with Gasteiger partial charge >= 0.3 is 0 Å². The zero-order chi connectivity index (χ0) is 24.8. The van der Waals surface area contributed by atoms with Crippen molar-refractivity contribution >= 4 is 29.0 Å². The number of carbonyl (C=O) groups is 2. The van der Waals surface area contributed by atoms with Crippen LogP contribution in [0.5, 0.6) is 0 Å². The van der Waals surface area contributed by atoms with Gasteiger partial charge in [0.2, 0.25) is 0 Å². The number of hydrogen-bond donors (Lipinski definition) is 0. The molecule has 1 aliphatic carbocycles. The Morgan fingerprint density at radius 1 is 0.829 bits per heavy atom. The second-order valence-corrected chi connectivity index (χ2v) is 10.4. The topological polar surface area (TPSA) is 37.4 Å². The molecule has 4 rings (SSSR count). The van der Waals surface area contributed by atoms with Gasteiger partial charge in [-0.1, -0.05) is 100 Å². The van der Waals surface area contributed by atoms with Crippen LogP contribution < -0.4 is 4.90 Å². The first-order chi connectivity index (χ1) is 16.9. The van der Waals surface area contributed by atoms with E-state index in [2.05, 4.69) is 26.0 Å². The van der Waals surface area contributed by atoms with Gasteiger partial charge in [-0.15, -0.1) is 0 Å². The van der Waals surface area contributed by atoms with E-state index < -0.39 is 6.04 Å². The average molecular weight is 488 g/mol. The van der Waals surface area contributed by atoms with E-state index in [4.69, 9.17) is 11.6 Å². The van der Waals surface area contributed by atoms with Crippen LogP contribution in [0.2, 0.25) is 5.02 Å². The van der Waals surface area contributed by atoms with Gasteiger partial charge < -0.3 is 0 Å². The molecule has 1 unspecified atom stereocenters. The van der Waals surface area contributed by atoms with Crippen LogP contribution >= 0.6 is 11.6 Å². The summed E-state index contributed by atoms with van der Waals surface area (Å²) < 4.78 is 0. The third-order valence-electron chi connectivity index (χ3n) is 7.04. The summed E-state index contributed by atoms with van der Waals surface area (Å²) in [6, 6.07) is 23.9. The van der Waals surface area contributed by atoms with Gasteiger partial charge in [0.1, 0.15) is 6.04 Å². The highest BCUT2D eigenvalue weighted by Gasteiger charge is 2.34. The van der Waals surface area contributed by atoms with Gasteiger partial charge in [-0.05, 0) is 59.4 Å². The highest BCUT2D eigenvalue weighted by atomic mass is 35.5. The van der Waals surface area contributed by atoms with E-state index >= 15 is 0 Å². The molecule has 0 spiro atoms. The van der Waals surface area contributed by atoms with E-state index in [1.807, 2.05) is 54.6 Å². The van der Waals surface area contributed by atoms with Gasteiger partial charge in [0.15, 0.2) is 5.78 Å². The summed E-state index contributed by atoms with van der Waals surface area (Å²) in [7, 11) is 0. The number of hydrogen-bond acceptors (Lipinski definition) is 2. The molecule has 1 amide bonds. The van der Waals surface area contributed by atoms with E-state index in [1.54, 1.807) is 17.0 Å². The molecule has 3 aromatic rings. The summed E-state index contributed by atoms with van der Waals surface area (Å²) in [5, 5.41) is 0.606. The first-order valence-corrected chi connectivity index (χ1v) is 13.1. The smallest absolute Gasteiger partial charge is 0.259 e. The fraction of sp³-hybridized carbons (Fsp3) is 0.355. The molecule has 3 nitrogen and oxygen atoms in total. The number of ketones is 1. The third kappa shape index (κ3) is 6.21.